The number of aromatic nitrogens is 2. The molecular formula is C18H25N5O3. The van der Waals surface area contributed by atoms with E-state index < -0.39 is 6.10 Å². The number of rotatable bonds is 9. The van der Waals surface area contributed by atoms with Crippen LogP contribution in [0.2, 0.25) is 0 Å². The predicted octanol–water partition coefficient (Wildman–Crippen LogP) is 1.16. The van der Waals surface area contributed by atoms with Crippen LogP contribution in [0, 0.1) is 0 Å². The molecule has 0 radical (unpaired) electrons. The van der Waals surface area contributed by atoms with Gasteiger partial charge < -0.3 is 15.7 Å². The Morgan fingerprint density at radius 2 is 1.88 bits per heavy atom. The molecule has 0 aliphatic heterocycles. The molecule has 2 aromatic rings. The second-order valence-electron chi connectivity index (χ2n) is 6.02. The zero-order chi connectivity index (χ0) is 18.9. The first-order valence-corrected chi connectivity index (χ1v) is 8.51. The lowest BCUT2D eigenvalue weighted by Gasteiger charge is -2.23. The van der Waals surface area contributed by atoms with E-state index >= 15 is 0 Å². The molecule has 26 heavy (non-hydrogen) atoms. The van der Waals surface area contributed by atoms with Gasteiger partial charge in [-0.3, -0.25) is 19.2 Å². The Labute approximate surface area is 152 Å². The third-order valence-corrected chi connectivity index (χ3v) is 3.73. The molecule has 1 unspecified atom stereocenters. The summed E-state index contributed by atoms with van der Waals surface area (Å²) < 4.78 is 1.66. The number of amides is 2. The van der Waals surface area contributed by atoms with Crippen LogP contribution in [0.3, 0.4) is 0 Å². The summed E-state index contributed by atoms with van der Waals surface area (Å²) in [5.41, 5.74) is 1.32. The fourth-order valence-electron chi connectivity index (χ4n) is 2.53. The summed E-state index contributed by atoms with van der Waals surface area (Å²) in [6, 6.07) is 8.71. The molecule has 0 saturated carbocycles. The van der Waals surface area contributed by atoms with Crippen LogP contribution in [0.15, 0.2) is 42.7 Å². The van der Waals surface area contributed by atoms with E-state index in [0.717, 1.165) is 0 Å². The molecule has 3 N–H and O–H groups in total. The van der Waals surface area contributed by atoms with Gasteiger partial charge in [-0.25, -0.2) is 0 Å². The fourth-order valence-corrected chi connectivity index (χ4v) is 2.53. The topological polar surface area (TPSA) is 99.5 Å². The summed E-state index contributed by atoms with van der Waals surface area (Å²) in [6.07, 6.45) is 2.84. The van der Waals surface area contributed by atoms with Crippen LogP contribution in [0.4, 0.5) is 11.4 Å². The van der Waals surface area contributed by atoms with Gasteiger partial charge in [-0.15, -0.1) is 0 Å². The number of aliphatic hydroxyl groups is 1. The second-order valence-corrected chi connectivity index (χ2v) is 6.02. The van der Waals surface area contributed by atoms with E-state index in [1.807, 2.05) is 11.8 Å². The Bertz CT molecular complexity index is 700. The Kier molecular flexibility index (Phi) is 7.31. The summed E-state index contributed by atoms with van der Waals surface area (Å²) in [5, 5.41) is 19.7. The summed E-state index contributed by atoms with van der Waals surface area (Å²) >= 11 is 0. The quantitative estimate of drug-likeness (QED) is 0.624. The second kappa shape index (κ2) is 9.69. The monoisotopic (exact) mass is 359 g/mol. The molecule has 2 amide bonds. The molecule has 0 saturated heterocycles. The van der Waals surface area contributed by atoms with Crippen molar-refractivity contribution >= 4 is 23.2 Å². The van der Waals surface area contributed by atoms with Crippen molar-refractivity contribution in [3.8, 4) is 0 Å². The molecule has 0 spiro atoms. The first kappa shape index (κ1) is 19.6. The number of hydrogen-bond acceptors (Lipinski definition) is 5. The Balaban J connectivity index is 1.81. The first-order chi connectivity index (χ1) is 12.5. The van der Waals surface area contributed by atoms with Crippen molar-refractivity contribution in [1.29, 1.82) is 0 Å². The van der Waals surface area contributed by atoms with Gasteiger partial charge in [0.25, 0.3) is 0 Å². The minimum Gasteiger partial charge on any atom is -0.390 e. The molecular weight excluding hydrogens is 334 g/mol. The van der Waals surface area contributed by atoms with Crippen molar-refractivity contribution < 1.29 is 14.7 Å². The SMILES string of the molecule is CCN(CC(=O)Nc1ccc(NC(C)=O)cc1)CC(O)Cn1cccn1. The van der Waals surface area contributed by atoms with Crippen LogP contribution in [0.25, 0.3) is 0 Å². The summed E-state index contributed by atoms with van der Waals surface area (Å²) in [5.74, 6) is -0.306. The molecule has 8 nitrogen and oxygen atoms in total. The van der Waals surface area contributed by atoms with Gasteiger partial charge in [0.05, 0.1) is 19.2 Å². The van der Waals surface area contributed by atoms with Crippen molar-refractivity contribution in [1.82, 2.24) is 14.7 Å². The van der Waals surface area contributed by atoms with E-state index in [2.05, 4.69) is 15.7 Å². The Morgan fingerprint density at radius 1 is 1.23 bits per heavy atom. The molecule has 0 aliphatic rings. The summed E-state index contributed by atoms with van der Waals surface area (Å²) in [7, 11) is 0. The number of carbonyl (C=O) groups is 2. The minimum absolute atomic E-state index is 0.144. The number of benzene rings is 1. The van der Waals surface area contributed by atoms with Gasteiger partial charge in [0.15, 0.2) is 0 Å². The normalized spacial score (nSPS) is 12.0. The zero-order valence-electron chi connectivity index (χ0n) is 15.1. The first-order valence-electron chi connectivity index (χ1n) is 8.51. The molecule has 8 heteroatoms. The number of carbonyl (C=O) groups excluding carboxylic acids is 2. The molecule has 2 rings (SSSR count). The van der Waals surface area contributed by atoms with Gasteiger partial charge in [-0.2, -0.15) is 5.10 Å². The third kappa shape index (κ3) is 6.66. The van der Waals surface area contributed by atoms with Crippen molar-refractivity contribution in [2.75, 3.05) is 30.3 Å². The number of likely N-dealkylation sites (N-methyl/N-ethyl adjacent to an activating group) is 1. The molecule has 1 aromatic heterocycles. The highest BCUT2D eigenvalue weighted by Crippen LogP contribution is 2.13. The highest BCUT2D eigenvalue weighted by molar-refractivity contribution is 5.93. The lowest BCUT2D eigenvalue weighted by molar-refractivity contribution is -0.117. The van der Waals surface area contributed by atoms with Gasteiger partial charge in [-0.05, 0) is 36.9 Å². The average molecular weight is 359 g/mol. The molecule has 1 aromatic carbocycles. The van der Waals surface area contributed by atoms with Gasteiger partial charge >= 0.3 is 0 Å². The maximum atomic E-state index is 12.2. The van der Waals surface area contributed by atoms with E-state index in [0.29, 0.717) is 31.0 Å². The Morgan fingerprint density at radius 3 is 2.42 bits per heavy atom. The van der Waals surface area contributed by atoms with Crippen molar-refractivity contribution in [2.24, 2.45) is 0 Å². The van der Waals surface area contributed by atoms with Gasteiger partial charge in [0.1, 0.15) is 0 Å². The van der Waals surface area contributed by atoms with Gasteiger partial charge in [0, 0.05) is 37.2 Å². The fraction of sp³-hybridized carbons (Fsp3) is 0.389. The van der Waals surface area contributed by atoms with Crippen molar-refractivity contribution in [2.45, 2.75) is 26.5 Å². The number of aliphatic hydroxyl groups excluding tert-OH is 1. The number of hydrogen-bond donors (Lipinski definition) is 3. The van der Waals surface area contributed by atoms with Crippen molar-refractivity contribution in [3.05, 3.63) is 42.7 Å². The van der Waals surface area contributed by atoms with Gasteiger partial charge in [0.2, 0.25) is 11.8 Å². The predicted molar refractivity (Wildman–Crippen MR) is 99.7 cm³/mol. The molecule has 140 valence electrons. The maximum Gasteiger partial charge on any atom is 0.238 e. The van der Waals surface area contributed by atoms with Crippen LogP contribution >= 0.6 is 0 Å². The number of nitrogens with one attached hydrogen (secondary N) is 2. The smallest absolute Gasteiger partial charge is 0.238 e. The number of anilines is 2. The standard InChI is InChI=1S/C18H25N5O3/c1-3-22(11-17(25)12-23-10-4-9-19-23)13-18(26)21-16-7-5-15(6-8-16)20-14(2)24/h4-10,17,25H,3,11-13H2,1-2H3,(H,20,24)(H,21,26). The van der Waals surface area contributed by atoms with Crippen LogP contribution < -0.4 is 10.6 Å². The van der Waals surface area contributed by atoms with Crippen molar-refractivity contribution in [3.63, 3.8) is 0 Å². The molecule has 1 atom stereocenters. The van der Waals surface area contributed by atoms with E-state index in [1.54, 1.807) is 47.4 Å². The van der Waals surface area contributed by atoms with Crippen LogP contribution in [-0.4, -0.2) is 57.3 Å². The lowest BCUT2D eigenvalue weighted by atomic mass is 10.2. The Hall–Kier alpha value is -2.71. The summed E-state index contributed by atoms with van der Waals surface area (Å²) in [4.78, 5) is 25.1. The lowest BCUT2D eigenvalue weighted by Crippen LogP contribution is -2.39. The molecule has 1 heterocycles. The van der Waals surface area contributed by atoms with E-state index in [9.17, 15) is 14.7 Å². The maximum absolute atomic E-state index is 12.2. The van der Waals surface area contributed by atoms with Gasteiger partial charge in [-0.1, -0.05) is 6.92 Å². The van der Waals surface area contributed by atoms with Crippen LogP contribution in [0.5, 0.6) is 0 Å². The van der Waals surface area contributed by atoms with Crippen LogP contribution in [-0.2, 0) is 16.1 Å². The van der Waals surface area contributed by atoms with E-state index in [1.165, 1.54) is 6.92 Å². The highest BCUT2D eigenvalue weighted by atomic mass is 16.3. The minimum atomic E-state index is -0.611. The van der Waals surface area contributed by atoms with E-state index in [4.69, 9.17) is 0 Å². The zero-order valence-corrected chi connectivity index (χ0v) is 15.1. The average Bonchev–Trinajstić information content (AvgIpc) is 3.08. The summed E-state index contributed by atoms with van der Waals surface area (Å²) in [6.45, 7) is 4.97. The highest BCUT2D eigenvalue weighted by Gasteiger charge is 2.14. The van der Waals surface area contributed by atoms with Crippen LogP contribution in [0.1, 0.15) is 13.8 Å². The third-order valence-electron chi connectivity index (χ3n) is 3.73. The number of nitrogens with zero attached hydrogens (tertiary/aromatic N) is 3. The van der Waals surface area contributed by atoms with E-state index in [-0.39, 0.29) is 18.4 Å². The molecule has 0 aliphatic carbocycles. The molecule has 0 fully saturated rings. The molecule has 0 bridgehead atoms. The largest absolute Gasteiger partial charge is 0.390 e.